The Kier molecular flexibility index (Phi) is 5.02. The van der Waals surface area contributed by atoms with Gasteiger partial charge in [0.25, 0.3) is 0 Å². The molecule has 0 radical (unpaired) electrons. The number of phenolic OH excluding ortho intramolecular Hbond substituents is 1. The molecular weight excluding hydrogens is 354 g/mol. The molecule has 0 bridgehead atoms. The highest BCUT2D eigenvalue weighted by molar-refractivity contribution is 5.95. The maximum atomic E-state index is 12.3. The number of ether oxygens (including phenoxy) is 1. The number of carbonyl (C=O) groups is 1. The molecule has 1 amide bonds. The number of rotatable bonds is 6. The standard InChI is InChI=1S/C22H23N3O3/c1-15-11-18-17(12-22(27)24-19(18)13-20(15)26)16-5-2-3-6-21(16)28-10-4-8-25-9-7-23-14-25/h2-3,5-7,9,11,13-14,17,26H,4,8,10,12H2,1H3,(H,24,27)/t17-/m1/s1. The Bertz CT molecular complexity index is 983. The highest BCUT2D eigenvalue weighted by Gasteiger charge is 2.29. The van der Waals surface area contributed by atoms with Crippen LogP contribution in [0.1, 0.15) is 35.4 Å². The fraction of sp³-hybridized carbons (Fsp3) is 0.273. The Morgan fingerprint density at radius 3 is 2.96 bits per heavy atom. The lowest BCUT2D eigenvalue weighted by molar-refractivity contribution is -0.116. The van der Waals surface area contributed by atoms with Gasteiger partial charge >= 0.3 is 0 Å². The summed E-state index contributed by atoms with van der Waals surface area (Å²) in [7, 11) is 0. The second kappa shape index (κ2) is 7.76. The summed E-state index contributed by atoms with van der Waals surface area (Å²) in [5, 5.41) is 12.9. The minimum Gasteiger partial charge on any atom is -0.508 e. The number of imidazole rings is 1. The molecule has 2 N–H and O–H groups in total. The van der Waals surface area contributed by atoms with E-state index < -0.39 is 0 Å². The Balaban J connectivity index is 1.56. The molecule has 1 aliphatic heterocycles. The molecule has 0 fully saturated rings. The average Bonchev–Trinajstić information content (AvgIpc) is 3.20. The smallest absolute Gasteiger partial charge is 0.225 e. The molecule has 144 valence electrons. The van der Waals surface area contributed by atoms with E-state index in [2.05, 4.69) is 10.3 Å². The predicted molar refractivity (Wildman–Crippen MR) is 107 cm³/mol. The van der Waals surface area contributed by atoms with E-state index in [1.165, 1.54) is 0 Å². The van der Waals surface area contributed by atoms with Gasteiger partial charge in [-0.2, -0.15) is 0 Å². The summed E-state index contributed by atoms with van der Waals surface area (Å²) >= 11 is 0. The number of fused-ring (bicyclic) bond motifs is 1. The average molecular weight is 377 g/mol. The van der Waals surface area contributed by atoms with Crippen molar-refractivity contribution in [3.8, 4) is 11.5 Å². The Morgan fingerprint density at radius 1 is 1.29 bits per heavy atom. The van der Waals surface area contributed by atoms with Gasteiger partial charge in [0.05, 0.1) is 12.9 Å². The van der Waals surface area contributed by atoms with E-state index in [0.717, 1.165) is 35.4 Å². The Morgan fingerprint density at radius 2 is 2.14 bits per heavy atom. The van der Waals surface area contributed by atoms with Gasteiger partial charge in [-0.25, -0.2) is 4.98 Å². The molecule has 2 heterocycles. The van der Waals surface area contributed by atoms with Crippen LogP contribution in [0.2, 0.25) is 0 Å². The van der Waals surface area contributed by atoms with Crippen molar-refractivity contribution in [2.45, 2.75) is 32.2 Å². The van der Waals surface area contributed by atoms with Gasteiger partial charge in [0.2, 0.25) is 5.91 Å². The zero-order valence-electron chi connectivity index (χ0n) is 15.8. The molecule has 0 spiro atoms. The van der Waals surface area contributed by atoms with Crippen molar-refractivity contribution < 1.29 is 14.6 Å². The molecule has 6 nitrogen and oxygen atoms in total. The topological polar surface area (TPSA) is 76.4 Å². The monoisotopic (exact) mass is 377 g/mol. The second-order valence-corrected chi connectivity index (χ2v) is 7.07. The van der Waals surface area contributed by atoms with Gasteiger partial charge in [-0.05, 0) is 36.6 Å². The summed E-state index contributed by atoms with van der Waals surface area (Å²) in [6.07, 6.45) is 6.71. The van der Waals surface area contributed by atoms with Crippen LogP contribution in [0.4, 0.5) is 5.69 Å². The van der Waals surface area contributed by atoms with Gasteiger partial charge in [0.1, 0.15) is 11.5 Å². The largest absolute Gasteiger partial charge is 0.508 e. The quantitative estimate of drug-likeness (QED) is 0.640. The molecule has 1 aromatic heterocycles. The summed E-state index contributed by atoms with van der Waals surface area (Å²) in [6.45, 7) is 3.28. The molecule has 2 aromatic carbocycles. The van der Waals surface area contributed by atoms with Crippen molar-refractivity contribution in [1.29, 1.82) is 0 Å². The number of nitrogens with zero attached hydrogens (tertiary/aromatic N) is 2. The number of anilines is 1. The first-order chi connectivity index (χ1) is 13.6. The molecule has 28 heavy (non-hydrogen) atoms. The normalized spacial score (nSPS) is 15.8. The van der Waals surface area contributed by atoms with Crippen molar-refractivity contribution in [1.82, 2.24) is 9.55 Å². The van der Waals surface area contributed by atoms with Crippen LogP contribution in [-0.2, 0) is 11.3 Å². The van der Waals surface area contributed by atoms with E-state index in [-0.39, 0.29) is 17.6 Å². The van der Waals surface area contributed by atoms with Crippen LogP contribution in [0.3, 0.4) is 0 Å². The van der Waals surface area contributed by atoms with Gasteiger partial charge in [-0.15, -0.1) is 0 Å². The molecule has 0 saturated carbocycles. The van der Waals surface area contributed by atoms with Gasteiger partial charge in [-0.1, -0.05) is 18.2 Å². The number of aryl methyl sites for hydroxylation is 2. The lowest BCUT2D eigenvalue weighted by Crippen LogP contribution is -2.24. The van der Waals surface area contributed by atoms with Gasteiger partial charge in [0, 0.05) is 48.6 Å². The summed E-state index contributed by atoms with van der Waals surface area (Å²) in [5.41, 5.74) is 3.45. The lowest BCUT2D eigenvalue weighted by atomic mass is 9.83. The van der Waals surface area contributed by atoms with E-state index in [1.54, 1.807) is 18.6 Å². The number of benzene rings is 2. The zero-order chi connectivity index (χ0) is 19.5. The summed E-state index contributed by atoms with van der Waals surface area (Å²) in [4.78, 5) is 16.3. The highest BCUT2D eigenvalue weighted by Crippen LogP contribution is 2.42. The van der Waals surface area contributed by atoms with Crippen molar-refractivity contribution in [2.24, 2.45) is 0 Å². The van der Waals surface area contributed by atoms with Crippen molar-refractivity contribution in [2.75, 3.05) is 11.9 Å². The third-order valence-electron chi connectivity index (χ3n) is 5.08. The number of para-hydroxylation sites is 1. The minimum absolute atomic E-state index is 0.0596. The maximum absolute atomic E-state index is 12.3. The number of amides is 1. The molecule has 0 aliphatic carbocycles. The molecule has 4 rings (SSSR count). The van der Waals surface area contributed by atoms with E-state index in [1.807, 2.05) is 48.0 Å². The number of carbonyl (C=O) groups excluding carboxylic acids is 1. The Hall–Kier alpha value is -3.28. The third-order valence-corrected chi connectivity index (χ3v) is 5.08. The zero-order valence-corrected chi connectivity index (χ0v) is 15.8. The van der Waals surface area contributed by atoms with Crippen LogP contribution in [-0.4, -0.2) is 27.2 Å². The van der Waals surface area contributed by atoms with E-state index in [4.69, 9.17) is 4.74 Å². The van der Waals surface area contributed by atoms with Crippen LogP contribution in [0.15, 0.2) is 55.1 Å². The Labute approximate surface area is 163 Å². The van der Waals surface area contributed by atoms with E-state index in [0.29, 0.717) is 18.7 Å². The number of hydrogen-bond donors (Lipinski definition) is 2. The van der Waals surface area contributed by atoms with Crippen molar-refractivity contribution >= 4 is 11.6 Å². The van der Waals surface area contributed by atoms with Crippen LogP contribution in [0, 0.1) is 6.92 Å². The molecular formula is C22H23N3O3. The number of hydrogen-bond acceptors (Lipinski definition) is 4. The van der Waals surface area contributed by atoms with E-state index >= 15 is 0 Å². The van der Waals surface area contributed by atoms with Crippen LogP contribution < -0.4 is 10.1 Å². The highest BCUT2D eigenvalue weighted by atomic mass is 16.5. The van der Waals surface area contributed by atoms with E-state index in [9.17, 15) is 9.90 Å². The van der Waals surface area contributed by atoms with Crippen LogP contribution in [0.25, 0.3) is 0 Å². The molecule has 0 saturated heterocycles. The molecule has 1 atom stereocenters. The molecule has 1 aliphatic rings. The number of nitrogens with one attached hydrogen (secondary N) is 1. The first-order valence-electron chi connectivity index (χ1n) is 9.42. The fourth-order valence-electron chi connectivity index (χ4n) is 3.64. The van der Waals surface area contributed by atoms with Gasteiger partial charge in [-0.3, -0.25) is 4.79 Å². The minimum atomic E-state index is -0.104. The van der Waals surface area contributed by atoms with Crippen LogP contribution in [0.5, 0.6) is 11.5 Å². The van der Waals surface area contributed by atoms with Crippen molar-refractivity contribution in [3.05, 3.63) is 71.8 Å². The number of aromatic hydroxyl groups is 1. The number of aromatic nitrogens is 2. The summed E-state index contributed by atoms with van der Waals surface area (Å²) in [5.74, 6) is 0.816. The first kappa shape index (κ1) is 18.1. The summed E-state index contributed by atoms with van der Waals surface area (Å²) in [6, 6.07) is 11.5. The summed E-state index contributed by atoms with van der Waals surface area (Å²) < 4.78 is 8.10. The second-order valence-electron chi connectivity index (χ2n) is 7.07. The molecule has 6 heteroatoms. The maximum Gasteiger partial charge on any atom is 0.225 e. The lowest BCUT2D eigenvalue weighted by Gasteiger charge is -2.28. The van der Waals surface area contributed by atoms with Gasteiger partial charge < -0.3 is 19.7 Å². The van der Waals surface area contributed by atoms with Crippen molar-refractivity contribution in [3.63, 3.8) is 0 Å². The SMILES string of the molecule is Cc1cc2c(cc1O)NC(=O)C[C@@H]2c1ccccc1OCCCn1ccnc1. The molecule has 0 unspecified atom stereocenters. The predicted octanol–water partition coefficient (Wildman–Crippen LogP) is 3.84. The fourth-order valence-corrected chi connectivity index (χ4v) is 3.64. The first-order valence-corrected chi connectivity index (χ1v) is 9.42. The molecule has 3 aromatic rings. The number of phenols is 1. The van der Waals surface area contributed by atoms with Gasteiger partial charge in [0.15, 0.2) is 0 Å². The van der Waals surface area contributed by atoms with Crippen LogP contribution >= 0.6 is 0 Å². The third kappa shape index (κ3) is 3.71.